The second kappa shape index (κ2) is 3.81. The monoisotopic (exact) mass is 273 g/mol. The summed E-state index contributed by atoms with van der Waals surface area (Å²) in [7, 11) is 0. The normalized spacial score (nSPS) is 22.7. The molecule has 0 saturated heterocycles. The van der Waals surface area contributed by atoms with E-state index >= 15 is 0 Å². The molecule has 1 aliphatic rings. The van der Waals surface area contributed by atoms with Crippen molar-refractivity contribution in [3.63, 3.8) is 0 Å². The van der Waals surface area contributed by atoms with Crippen LogP contribution in [0.2, 0.25) is 0 Å². The maximum Gasteiger partial charge on any atom is 0.463 e. The van der Waals surface area contributed by atoms with Gasteiger partial charge < -0.3 is 5.32 Å². The molecular formula is C11H16F5NO. The van der Waals surface area contributed by atoms with E-state index in [4.69, 9.17) is 0 Å². The van der Waals surface area contributed by atoms with Gasteiger partial charge in [-0.25, -0.2) is 0 Å². The summed E-state index contributed by atoms with van der Waals surface area (Å²) < 4.78 is 61.0. The highest BCUT2D eigenvalue weighted by Gasteiger charge is 2.66. The molecule has 2 nitrogen and oxygen atoms in total. The number of alkyl halides is 5. The fourth-order valence-electron chi connectivity index (χ4n) is 2.28. The predicted molar refractivity (Wildman–Crippen MR) is 55.1 cm³/mol. The summed E-state index contributed by atoms with van der Waals surface area (Å²) in [5.74, 6) is -7.73. The Morgan fingerprint density at radius 1 is 1.06 bits per heavy atom. The molecule has 18 heavy (non-hydrogen) atoms. The summed E-state index contributed by atoms with van der Waals surface area (Å²) in [6.07, 6.45) is -5.86. The van der Waals surface area contributed by atoms with Crippen LogP contribution in [0.15, 0.2) is 0 Å². The molecule has 0 aromatic heterocycles. The van der Waals surface area contributed by atoms with Crippen LogP contribution in [0.1, 0.15) is 27.7 Å². The predicted octanol–water partition coefficient (Wildman–Crippen LogP) is 2.98. The fourth-order valence-corrected chi connectivity index (χ4v) is 2.28. The molecule has 0 spiro atoms. The van der Waals surface area contributed by atoms with Gasteiger partial charge in [0.15, 0.2) is 0 Å². The largest absolute Gasteiger partial charge is 0.463 e. The van der Waals surface area contributed by atoms with Gasteiger partial charge in [-0.1, -0.05) is 27.7 Å². The van der Waals surface area contributed by atoms with E-state index in [9.17, 15) is 26.7 Å². The van der Waals surface area contributed by atoms with Crippen LogP contribution in [0.25, 0.3) is 0 Å². The van der Waals surface area contributed by atoms with Gasteiger partial charge in [-0.3, -0.25) is 4.79 Å². The lowest BCUT2D eigenvalue weighted by atomic mass is 10.0. The van der Waals surface area contributed by atoms with Gasteiger partial charge >= 0.3 is 12.1 Å². The first kappa shape index (κ1) is 15.2. The first-order chi connectivity index (χ1) is 7.76. The SMILES string of the molecule is CC1(C)C(CNC(=O)C(F)(F)C(F)(F)F)C1(C)C. The number of halogens is 5. The number of carbonyl (C=O) groups excluding carboxylic acids is 1. The van der Waals surface area contributed by atoms with Crippen molar-refractivity contribution in [2.45, 2.75) is 39.8 Å². The number of nitrogens with one attached hydrogen (secondary N) is 1. The van der Waals surface area contributed by atoms with Crippen LogP contribution in [0.4, 0.5) is 22.0 Å². The Labute approximate surface area is 102 Å². The number of carbonyl (C=O) groups is 1. The molecule has 0 bridgehead atoms. The Balaban J connectivity index is 2.60. The first-order valence-electron chi connectivity index (χ1n) is 5.49. The third-order valence-corrected chi connectivity index (χ3v) is 4.43. The van der Waals surface area contributed by atoms with Crippen LogP contribution in [-0.4, -0.2) is 24.6 Å². The number of hydrogen-bond acceptors (Lipinski definition) is 1. The highest BCUT2D eigenvalue weighted by atomic mass is 19.4. The average molecular weight is 273 g/mol. The number of hydrogen-bond donors (Lipinski definition) is 1. The van der Waals surface area contributed by atoms with Crippen molar-refractivity contribution in [1.82, 2.24) is 5.32 Å². The van der Waals surface area contributed by atoms with Crippen molar-refractivity contribution in [3.8, 4) is 0 Å². The molecule has 1 N–H and O–H groups in total. The molecule has 0 aliphatic heterocycles. The van der Waals surface area contributed by atoms with Crippen molar-refractivity contribution in [3.05, 3.63) is 0 Å². The third-order valence-electron chi connectivity index (χ3n) is 4.43. The minimum absolute atomic E-state index is 0.113. The molecule has 1 aliphatic carbocycles. The molecular weight excluding hydrogens is 257 g/mol. The van der Waals surface area contributed by atoms with Gasteiger partial charge in [-0.2, -0.15) is 22.0 Å². The molecule has 1 rings (SSSR count). The molecule has 0 aromatic carbocycles. The van der Waals surface area contributed by atoms with Crippen LogP contribution in [0.3, 0.4) is 0 Å². The fraction of sp³-hybridized carbons (Fsp3) is 0.909. The van der Waals surface area contributed by atoms with Gasteiger partial charge in [0.2, 0.25) is 0 Å². The van der Waals surface area contributed by atoms with Crippen LogP contribution in [-0.2, 0) is 4.79 Å². The van der Waals surface area contributed by atoms with Crippen molar-refractivity contribution in [2.24, 2.45) is 16.7 Å². The highest BCUT2D eigenvalue weighted by molar-refractivity contribution is 5.84. The summed E-state index contributed by atoms with van der Waals surface area (Å²) in [5.41, 5.74) is -0.373. The molecule has 0 atom stereocenters. The Kier molecular flexibility index (Phi) is 3.21. The zero-order valence-electron chi connectivity index (χ0n) is 10.6. The smallest absolute Gasteiger partial charge is 0.350 e. The van der Waals surface area contributed by atoms with Gasteiger partial charge in [0, 0.05) is 6.54 Å². The molecule has 7 heteroatoms. The van der Waals surface area contributed by atoms with Crippen LogP contribution in [0, 0.1) is 16.7 Å². The highest BCUT2D eigenvalue weighted by Crippen LogP contribution is 2.67. The van der Waals surface area contributed by atoms with Crippen molar-refractivity contribution in [1.29, 1.82) is 0 Å². The molecule has 1 fully saturated rings. The lowest BCUT2D eigenvalue weighted by molar-refractivity contribution is -0.269. The van der Waals surface area contributed by atoms with Crippen LogP contribution < -0.4 is 5.32 Å². The molecule has 1 saturated carbocycles. The molecule has 106 valence electrons. The van der Waals surface area contributed by atoms with Gasteiger partial charge in [-0.15, -0.1) is 0 Å². The Morgan fingerprint density at radius 3 is 1.72 bits per heavy atom. The quantitative estimate of drug-likeness (QED) is 0.787. The third kappa shape index (κ3) is 2.07. The molecule has 0 heterocycles. The van der Waals surface area contributed by atoms with Crippen molar-refractivity contribution in [2.75, 3.05) is 6.54 Å². The summed E-state index contributed by atoms with van der Waals surface area (Å²) in [5, 5.41) is 1.69. The van der Waals surface area contributed by atoms with Gasteiger partial charge in [0.1, 0.15) is 0 Å². The second-order valence-electron chi connectivity index (χ2n) is 5.78. The molecule has 1 amide bonds. The number of rotatable bonds is 3. The second-order valence-corrected chi connectivity index (χ2v) is 5.78. The van der Waals surface area contributed by atoms with Crippen LogP contribution in [0.5, 0.6) is 0 Å². The van der Waals surface area contributed by atoms with Gasteiger partial charge in [-0.05, 0) is 16.7 Å². The van der Waals surface area contributed by atoms with E-state index in [1.807, 2.05) is 27.7 Å². The van der Waals surface area contributed by atoms with E-state index in [0.717, 1.165) is 0 Å². The maximum absolute atomic E-state index is 12.6. The van der Waals surface area contributed by atoms with Gasteiger partial charge in [0.25, 0.3) is 5.91 Å². The summed E-state index contributed by atoms with van der Waals surface area (Å²) >= 11 is 0. The van der Waals surface area contributed by atoms with E-state index in [1.165, 1.54) is 0 Å². The summed E-state index contributed by atoms with van der Waals surface area (Å²) in [4.78, 5) is 10.9. The Bertz CT molecular complexity index is 345. The number of amides is 1. The van der Waals surface area contributed by atoms with E-state index in [-0.39, 0.29) is 23.3 Å². The lowest BCUT2D eigenvalue weighted by Gasteiger charge is -2.18. The van der Waals surface area contributed by atoms with Crippen molar-refractivity contribution >= 4 is 5.91 Å². The minimum Gasteiger partial charge on any atom is -0.350 e. The first-order valence-corrected chi connectivity index (χ1v) is 5.49. The lowest BCUT2D eigenvalue weighted by Crippen LogP contribution is -2.51. The van der Waals surface area contributed by atoms with Crippen molar-refractivity contribution < 1.29 is 26.7 Å². The zero-order chi connectivity index (χ0) is 14.6. The van der Waals surface area contributed by atoms with E-state index in [0.29, 0.717) is 0 Å². The zero-order valence-corrected chi connectivity index (χ0v) is 10.6. The summed E-state index contributed by atoms with van der Waals surface area (Å²) in [6, 6.07) is 0. The molecule has 0 unspecified atom stereocenters. The van der Waals surface area contributed by atoms with Gasteiger partial charge in [0.05, 0.1) is 0 Å². The van der Waals surface area contributed by atoms with Crippen LogP contribution >= 0.6 is 0 Å². The minimum atomic E-state index is -5.86. The Hall–Kier alpha value is -0.880. The molecule has 0 aromatic rings. The maximum atomic E-state index is 12.6. The average Bonchev–Trinajstić information content (AvgIpc) is 2.52. The topological polar surface area (TPSA) is 29.1 Å². The van der Waals surface area contributed by atoms with E-state index in [2.05, 4.69) is 0 Å². The standard InChI is InChI=1S/C11H16F5NO/c1-8(2)6(9(8,3)4)5-17-7(18)10(12,13)11(14,15)16/h6H,5H2,1-4H3,(H,17,18). The molecule has 0 radical (unpaired) electrons. The summed E-state index contributed by atoms with van der Waals surface area (Å²) in [6.45, 7) is 7.35. The Morgan fingerprint density at radius 2 is 1.44 bits per heavy atom. The van der Waals surface area contributed by atoms with E-state index < -0.39 is 18.0 Å². The van der Waals surface area contributed by atoms with E-state index in [1.54, 1.807) is 5.32 Å².